The Morgan fingerprint density at radius 2 is 2.11 bits per heavy atom. The van der Waals surface area contributed by atoms with E-state index in [9.17, 15) is 4.79 Å². The van der Waals surface area contributed by atoms with Crippen molar-refractivity contribution in [1.82, 2.24) is 4.90 Å². The van der Waals surface area contributed by atoms with E-state index in [1.165, 1.54) is 0 Å². The Labute approximate surface area is 113 Å². The molecule has 2 N–H and O–H groups in total. The summed E-state index contributed by atoms with van der Waals surface area (Å²) in [6, 6.07) is 5.68. The Kier molecular flexibility index (Phi) is 3.66. The molecule has 1 atom stereocenters. The molecule has 19 heavy (non-hydrogen) atoms. The quantitative estimate of drug-likeness (QED) is 0.895. The van der Waals surface area contributed by atoms with Gasteiger partial charge in [0, 0.05) is 13.6 Å². The summed E-state index contributed by atoms with van der Waals surface area (Å²) in [4.78, 5) is 13.8. The van der Waals surface area contributed by atoms with Crippen molar-refractivity contribution in [2.45, 2.75) is 32.4 Å². The van der Waals surface area contributed by atoms with E-state index in [-0.39, 0.29) is 12.7 Å². The van der Waals surface area contributed by atoms with Gasteiger partial charge in [-0.3, -0.25) is 4.79 Å². The maximum Gasteiger partial charge on any atom is 0.242 e. The number of nitrogens with two attached hydrogens (primary N) is 1. The predicted octanol–water partition coefficient (Wildman–Crippen LogP) is 1.50. The lowest BCUT2D eigenvalue weighted by molar-refractivity contribution is -0.135. The van der Waals surface area contributed by atoms with Crippen molar-refractivity contribution < 1.29 is 14.3 Å². The number of hydrogen-bond acceptors (Lipinski definition) is 4. The van der Waals surface area contributed by atoms with Crippen molar-refractivity contribution >= 4 is 5.91 Å². The summed E-state index contributed by atoms with van der Waals surface area (Å²) in [6.45, 7) is 4.42. The van der Waals surface area contributed by atoms with Crippen LogP contribution in [0.15, 0.2) is 18.2 Å². The molecular formula is C14H20N2O3. The summed E-state index contributed by atoms with van der Waals surface area (Å²) in [5, 5.41) is 0. The molecule has 104 valence electrons. The van der Waals surface area contributed by atoms with Crippen LogP contribution in [0.25, 0.3) is 0 Å². The molecule has 0 aliphatic carbocycles. The van der Waals surface area contributed by atoms with Gasteiger partial charge in [-0.2, -0.15) is 0 Å². The second-order valence-electron chi connectivity index (χ2n) is 5.12. The van der Waals surface area contributed by atoms with Gasteiger partial charge in [-0.1, -0.05) is 13.0 Å². The maximum atomic E-state index is 12.2. The highest BCUT2D eigenvalue weighted by molar-refractivity contribution is 5.85. The van der Waals surface area contributed by atoms with E-state index in [4.69, 9.17) is 15.2 Å². The minimum absolute atomic E-state index is 0.0623. The topological polar surface area (TPSA) is 64.8 Å². The summed E-state index contributed by atoms with van der Waals surface area (Å²) in [7, 11) is 1.76. The summed E-state index contributed by atoms with van der Waals surface area (Å²) < 4.78 is 10.6. The van der Waals surface area contributed by atoms with E-state index < -0.39 is 5.54 Å². The first kappa shape index (κ1) is 13.7. The van der Waals surface area contributed by atoms with Crippen molar-refractivity contribution in [3.8, 4) is 11.5 Å². The lowest BCUT2D eigenvalue weighted by Crippen LogP contribution is -2.51. The van der Waals surface area contributed by atoms with E-state index in [1.807, 2.05) is 25.1 Å². The van der Waals surface area contributed by atoms with E-state index in [0.717, 1.165) is 17.1 Å². The molecule has 5 nitrogen and oxygen atoms in total. The Bertz CT molecular complexity index is 486. The van der Waals surface area contributed by atoms with Crippen LogP contribution in [0.3, 0.4) is 0 Å². The molecule has 1 aliphatic heterocycles. The molecule has 2 rings (SSSR count). The van der Waals surface area contributed by atoms with E-state index >= 15 is 0 Å². The maximum absolute atomic E-state index is 12.2. The lowest BCUT2D eigenvalue weighted by Gasteiger charge is -2.28. The van der Waals surface area contributed by atoms with Crippen LogP contribution < -0.4 is 15.2 Å². The van der Waals surface area contributed by atoms with Crippen LogP contribution >= 0.6 is 0 Å². The molecule has 0 fully saturated rings. The molecule has 0 bridgehead atoms. The number of benzene rings is 1. The number of ether oxygens (including phenoxy) is 2. The number of amides is 1. The monoisotopic (exact) mass is 264 g/mol. The fourth-order valence-electron chi connectivity index (χ4n) is 1.97. The van der Waals surface area contributed by atoms with Crippen molar-refractivity contribution in [3.63, 3.8) is 0 Å². The summed E-state index contributed by atoms with van der Waals surface area (Å²) in [5.41, 5.74) is 6.15. The SMILES string of the molecule is CCC(C)(N)C(=O)N(C)Cc1ccc2c(c1)OCO2. The molecule has 1 aliphatic rings. The molecule has 0 saturated carbocycles. The van der Waals surface area contributed by atoms with E-state index in [0.29, 0.717) is 13.0 Å². The standard InChI is InChI=1S/C14H20N2O3/c1-4-14(2,15)13(17)16(3)8-10-5-6-11-12(7-10)19-9-18-11/h5-7H,4,8-9,15H2,1-3H3. The Hall–Kier alpha value is -1.75. The Balaban J connectivity index is 2.07. The van der Waals surface area contributed by atoms with Gasteiger partial charge in [-0.15, -0.1) is 0 Å². The molecule has 0 spiro atoms. The van der Waals surface area contributed by atoms with Crippen LogP contribution in [0.2, 0.25) is 0 Å². The third-order valence-electron chi connectivity index (χ3n) is 3.43. The number of carbonyl (C=O) groups excluding carboxylic acids is 1. The normalized spacial score (nSPS) is 16.0. The lowest BCUT2D eigenvalue weighted by atomic mass is 9.98. The van der Waals surface area contributed by atoms with Gasteiger partial charge in [0.25, 0.3) is 0 Å². The second kappa shape index (κ2) is 5.09. The number of rotatable bonds is 4. The van der Waals surface area contributed by atoms with Crippen molar-refractivity contribution in [3.05, 3.63) is 23.8 Å². The zero-order valence-corrected chi connectivity index (χ0v) is 11.6. The van der Waals surface area contributed by atoms with Crippen LogP contribution in [0.5, 0.6) is 11.5 Å². The van der Waals surface area contributed by atoms with E-state index in [1.54, 1.807) is 18.9 Å². The van der Waals surface area contributed by atoms with Gasteiger partial charge in [0.1, 0.15) is 0 Å². The number of likely N-dealkylation sites (N-methyl/N-ethyl adjacent to an activating group) is 1. The van der Waals surface area contributed by atoms with Crippen LogP contribution in [0.1, 0.15) is 25.8 Å². The molecule has 5 heteroatoms. The Morgan fingerprint density at radius 1 is 1.42 bits per heavy atom. The minimum Gasteiger partial charge on any atom is -0.454 e. The Morgan fingerprint density at radius 3 is 2.79 bits per heavy atom. The number of carbonyl (C=O) groups is 1. The molecule has 0 aromatic heterocycles. The van der Waals surface area contributed by atoms with Gasteiger partial charge in [0.15, 0.2) is 11.5 Å². The average Bonchev–Trinajstić information content (AvgIpc) is 2.85. The van der Waals surface area contributed by atoms with Gasteiger partial charge >= 0.3 is 0 Å². The van der Waals surface area contributed by atoms with Gasteiger partial charge in [-0.05, 0) is 31.0 Å². The van der Waals surface area contributed by atoms with Gasteiger partial charge in [0.05, 0.1) is 5.54 Å². The highest BCUT2D eigenvalue weighted by Gasteiger charge is 2.29. The summed E-state index contributed by atoms with van der Waals surface area (Å²) in [5.74, 6) is 1.41. The zero-order valence-electron chi connectivity index (χ0n) is 11.6. The van der Waals surface area contributed by atoms with Gasteiger partial charge in [-0.25, -0.2) is 0 Å². The fraction of sp³-hybridized carbons (Fsp3) is 0.500. The molecule has 1 amide bonds. The van der Waals surface area contributed by atoms with Gasteiger partial charge in [0.2, 0.25) is 12.7 Å². The average molecular weight is 264 g/mol. The van der Waals surface area contributed by atoms with Crippen LogP contribution in [0, 0.1) is 0 Å². The number of nitrogens with zero attached hydrogens (tertiary/aromatic N) is 1. The third kappa shape index (κ3) is 2.81. The molecule has 1 unspecified atom stereocenters. The molecule has 1 aromatic rings. The first-order valence-electron chi connectivity index (χ1n) is 6.37. The fourth-order valence-corrected chi connectivity index (χ4v) is 1.97. The highest BCUT2D eigenvalue weighted by Crippen LogP contribution is 2.32. The summed E-state index contributed by atoms with van der Waals surface area (Å²) >= 11 is 0. The first-order chi connectivity index (χ1) is 8.94. The molecule has 0 radical (unpaired) electrons. The smallest absolute Gasteiger partial charge is 0.242 e. The van der Waals surface area contributed by atoms with Crippen LogP contribution in [-0.2, 0) is 11.3 Å². The second-order valence-corrected chi connectivity index (χ2v) is 5.12. The highest BCUT2D eigenvalue weighted by atomic mass is 16.7. The molecular weight excluding hydrogens is 244 g/mol. The minimum atomic E-state index is -0.814. The molecule has 0 saturated heterocycles. The third-order valence-corrected chi connectivity index (χ3v) is 3.43. The van der Waals surface area contributed by atoms with Crippen molar-refractivity contribution in [2.75, 3.05) is 13.8 Å². The number of hydrogen-bond donors (Lipinski definition) is 1. The van der Waals surface area contributed by atoms with Crippen molar-refractivity contribution in [1.29, 1.82) is 0 Å². The largest absolute Gasteiger partial charge is 0.454 e. The van der Waals surface area contributed by atoms with Gasteiger partial charge < -0.3 is 20.1 Å². The zero-order chi connectivity index (χ0) is 14.0. The molecule has 1 aromatic carbocycles. The van der Waals surface area contributed by atoms with Crippen LogP contribution in [0.4, 0.5) is 0 Å². The molecule has 1 heterocycles. The number of fused-ring (bicyclic) bond motifs is 1. The first-order valence-corrected chi connectivity index (χ1v) is 6.37. The summed E-state index contributed by atoms with van der Waals surface area (Å²) in [6.07, 6.45) is 0.608. The van der Waals surface area contributed by atoms with E-state index in [2.05, 4.69) is 0 Å². The van der Waals surface area contributed by atoms with Crippen LogP contribution in [-0.4, -0.2) is 30.2 Å². The van der Waals surface area contributed by atoms with Crippen molar-refractivity contribution in [2.24, 2.45) is 5.73 Å². The predicted molar refractivity (Wildman–Crippen MR) is 71.9 cm³/mol.